The summed E-state index contributed by atoms with van der Waals surface area (Å²) in [6.07, 6.45) is 2.29. The molecule has 2 aromatic rings. The topological polar surface area (TPSA) is 17.8 Å². The molecule has 68 valence electrons. The number of rotatable bonds is 1. The highest BCUT2D eigenvalue weighted by Crippen LogP contribution is 2.20. The lowest BCUT2D eigenvalue weighted by atomic mass is 10.1. The third kappa shape index (κ3) is 1.11. The molecule has 0 aliphatic heterocycles. The standard InChI is InChI=1S/C10H11FN2/c1-3-7-4-5-9-8(10(7)11)6-12-13(9)2/h4-6H,3H2,1-2H3. The summed E-state index contributed by atoms with van der Waals surface area (Å²) in [5, 5.41) is 4.62. The highest BCUT2D eigenvalue weighted by atomic mass is 19.1. The number of hydrogen-bond donors (Lipinski definition) is 0. The quantitative estimate of drug-likeness (QED) is 0.655. The van der Waals surface area contributed by atoms with E-state index in [0.717, 1.165) is 17.5 Å². The molecule has 0 radical (unpaired) electrons. The van der Waals surface area contributed by atoms with Crippen LogP contribution in [0.5, 0.6) is 0 Å². The first-order valence-corrected chi connectivity index (χ1v) is 4.33. The van der Waals surface area contributed by atoms with Crippen LogP contribution in [-0.2, 0) is 13.5 Å². The maximum absolute atomic E-state index is 13.6. The van der Waals surface area contributed by atoms with Gasteiger partial charge in [0.15, 0.2) is 0 Å². The Balaban J connectivity index is 2.80. The van der Waals surface area contributed by atoms with Gasteiger partial charge in [0.1, 0.15) is 5.82 Å². The van der Waals surface area contributed by atoms with Crippen LogP contribution in [0, 0.1) is 5.82 Å². The molecule has 0 saturated carbocycles. The molecule has 1 aromatic heterocycles. The van der Waals surface area contributed by atoms with Crippen LogP contribution in [0.25, 0.3) is 10.9 Å². The summed E-state index contributed by atoms with van der Waals surface area (Å²) in [4.78, 5) is 0. The molecular weight excluding hydrogens is 167 g/mol. The van der Waals surface area contributed by atoms with E-state index in [9.17, 15) is 4.39 Å². The lowest BCUT2D eigenvalue weighted by Gasteiger charge is -2.00. The first kappa shape index (κ1) is 8.23. The fourth-order valence-electron chi connectivity index (χ4n) is 1.51. The molecule has 2 nitrogen and oxygen atoms in total. The molecule has 1 heterocycles. The normalized spacial score (nSPS) is 11.0. The molecule has 3 heteroatoms. The van der Waals surface area contributed by atoms with Crippen LogP contribution in [0.4, 0.5) is 4.39 Å². The molecule has 0 N–H and O–H groups in total. The molecular formula is C10H11FN2. The number of hydrogen-bond acceptors (Lipinski definition) is 1. The molecule has 1 aromatic carbocycles. The van der Waals surface area contributed by atoms with Gasteiger partial charge in [-0.1, -0.05) is 13.0 Å². The van der Waals surface area contributed by atoms with E-state index in [0.29, 0.717) is 5.39 Å². The maximum atomic E-state index is 13.6. The van der Waals surface area contributed by atoms with Gasteiger partial charge in [-0.05, 0) is 18.1 Å². The van der Waals surface area contributed by atoms with E-state index < -0.39 is 0 Å². The summed E-state index contributed by atoms with van der Waals surface area (Å²) in [5.41, 5.74) is 1.59. The van der Waals surface area contributed by atoms with Gasteiger partial charge >= 0.3 is 0 Å². The van der Waals surface area contributed by atoms with Gasteiger partial charge in [0.05, 0.1) is 17.1 Å². The zero-order valence-electron chi connectivity index (χ0n) is 7.71. The molecule has 0 unspecified atom stereocenters. The van der Waals surface area contributed by atoms with Crippen LogP contribution >= 0.6 is 0 Å². The van der Waals surface area contributed by atoms with Gasteiger partial charge in [0.2, 0.25) is 0 Å². The minimum atomic E-state index is -0.131. The summed E-state index contributed by atoms with van der Waals surface area (Å²) in [6.45, 7) is 1.95. The molecule has 0 bridgehead atoms. The second-order valence-electron chi connectivity index (χ2n) is 3.09. The second-order valence-corrected chi connectivity index (χ2v) is 3.09. The van der Waals surface area contributed by atoms with Gasteiger partial charge in [-0.2, -0.15) is 5.10 Å². The van der Waals surface area contributed by atoms with E-state index in [2.05, 4.69) is 5.10 Å². The SMILES string of the molecule is CCc1ccc2c(cnn2C)c1F. The Morgan fingerprint density at radius 3 is 2.92 bits per heavy atom. The molecule has 0 aliphatic carbocycles. The van der Waals surface area contributed by atoms with Crippen LogP contribution in [0.1, 0.15) is 12.5 Å². The molecule has 0 fully saturated rings. The van der Waals surface area contributed by atoms with Crippen molar-refractivity contribution in [2.75, 3.05) is 0 Å². The Labute approximate surface area is 76.0 Å². The fraction of sp³-hybridized carbons (Fsp3) is 0.300. The molecule has 0 spiro atoms. The predicted molar refractivity (Wildman–Crippen MR) is 50.1 cm³/mol. The van der Waals surface area contributed by atoms with Gasteiger partial charge in [-0.25, -0.2) is 4.39 Å². The molecule has 0 atom stereocenters. The molecule has 0 amide bonds. The zero-order chi connectivity index (χ0) is 9.42. The van der Waals surface area contributed by atoms with Crippen molar-refractivity contribution in [3.05, 3.63) is 29.7 Å². The van der Waals surface area contributed by atoms with Crippen LogP contribution in [0.2, 0.25) is 0 Å². The summed E-state index contributed by atoms with van der Waals surface area (Å²) in [5.74, 6) is -0.131. The maximum Gasteiger partial charge on any atom is 0.137 e. The fourth-order valence-corrected chi connectivity index (χ4v) is 1.51. The Bertz CT molecular complexity index is 445. The first-order valence-electron chi connectivity index (χ1n) is 4.33. The van der Waals surface area contributed by atoms with Crippen molar-refractivity contribution in [3.8, 4) is 0 Å². The molecule has 0 saturated heterocycles. The Hall–Kier alpha value is -1.38. The van der Waals surface area contributed by atoms with Crippen molar-refractivity contribution >= 4 is 10.9 Å². The van der Waals surface area contributed by atoms with Crippen LogP contribution < -0.4 is 0 Å². The lowest BCUT2D eigenvalue weighted by Crippen LogP contribution is -1.91. The minimum Gasteiger partial charge on any atom is -0.268 e. The average Bonchev–Trinajstić information content (AvgIpc) is 2.50. The Morgan fingerprint density at radius 1 is 1.46 bits per heavy atom. The van der Waals surface area contributed by atoms with Crippen LogP contribution in [-0.4, -0.2) is 9.78 Å². The van der Waals surface area contributed by atoms with Gasteiger partial charge in [-0.15, -0.1) is 0 Å². The van der Waals surface area contributed by atoms with E-state index >= 15 is 0 Å². The minimum absolute atomic E-state index is 0.131. The first-order chi connectivity index (χ1) is 6.24. The highest BCUT2D eigenvalue weighted by Gasteiger charge is 2.08. The van der Waals surface area contributed by atoms with E-state index in [-0.39, 0.29) is 5.82 Å². The zero-order valence-corrected chi connectivity index (χ0v) is 7.71. The van der Waals surface area contributed by atoms with Gasteiger partial charge in [0.25, 0.3) is 0 Å². The van der Waals surface area contributed by atoms with E-state index in [4.69, 9.17) is 0 Å². The lowest BCUT2D eigenvalue weighted by molar-refractivity contribution is 0.624. The number of fused-ring (bicyclic) bond motifs is 1. The third-order valence-electron chi connectivity index (χ3n) is 2.33. The number of aromatic nitrogens is 2. The summed E-state index contributed by atoms with van der Waals surface area (Å²) >= 11 is 0. The monoisotopic (exact) mass is 178 g/mol. The smallest absolute Gasteiger partial charge is 0.137 e. The van der Waals surface area contributed by atoms with E-state index in [1.54, 1.807) is 10.9 Å². The van der Waals surface area contributed by atoms with Crippen molar-refractivity contribution in [1.82, 2.24) is 9.78 Å². The number of nitrogens with zero attached hydrogens (tertiary/aromatic N) is 2. The number of benzene rings is 1. The average molecular weight is 178 g/mol. The second kappa shape index (κ2) is 2.83. The molecule has 2 rings (SSSR count). The van der Waals surface area contributed by atoms with Gasteiger partial charge in [0, 0.05) is 7.05 Å². The molecule has 0 aliphatic rings. The van der Waals surface area contributed by atoms with Gasteiger partial charge in [-0.3, -0.25) is 4.68 Å². The van der Waals surface area contributed by atoms with Gasteiger partial charge < -0.3 is 0 Å². The van der Waals surface area contributed by atoms with Crippen molar-refractivity contribution < 1.29 is 4.39 Å². The van der Waals surface area contributed by atoms with Crippen molar-refractivity contribution in [1.29, 1.82) is 0 Å². The molecule has 13 heavy (non-hydrogen) atoms. The summed E-state index contributed by atoms with van der Waals surface area (Å²) in [7, 11) is 1.81. The largest absolute Gasteiger partial charge is 0.268 e. The summed E-state index contributed by atoms with van der Waals surface area (Å²) < 4.78 is 15.3. The number of halogens is 1. The Morgan fingerprint density at radius 2 is 2.23 bits per heavy atom. The van der Waals surface area contributed by atoms with Crippen molar-refractivity contribution in [3.63, 3.8) is 0 Å². The predicted octanol–water partition coefficient (Wildman–Crippen LogP) is 2.27. The van der Waals surface area contributed by atoms with Crippen LogP contribution in [0.3, 0.4) is 0 Å². The Kier molecular flexibility index (Phi) is 1.79. The van der Waals surface area contributed by atoms with Crippen LogP contribution in [0.15, 0.2) is 18.3 Å². The summed E-state index contributed by atoms with van der Waals surface area (Å²) in [6, 6.07) is 3.73. The van der Waals surface area contributed by atoms with E-state index in [1.807, 2.05) is 26.1 Å². The van der Waals surface area contributed by atoms with Crippen molar-refractivity contribution in [2.24, 2.45) is 7.05 Å². The van der Waals surface area contributed by atoms with E-state index in [1.165, 1.54) is 0 Å². The third-order valence-corrected chi connectivity index (χ3v) is 2.33. The highest BCUT2D eigenvalue weighted by molar-refractivity contribution is 5.80. The number of aryl methyl sites for hydroxylation is 2. The van der Waals surface area contributed by atoms with Crippen molar-refractivity contribution in [2.45, 2.75) is 13.3 Å².